The molecule has 0 unspecified atom stereocenters. The maximum absolute atomic E-state index is 3.70. The summed E-state index contributed by atoms with van der Waals surface area (Å²) in [7, 11) is 0. The second-order valence-corrected chi connectivity index (χ2v) is 2.01. The summed E-state index contributed by atoms with van der Waals surface area (Å²) in [5, 5.41) is 12.7. The Morgan fingerprint density at radius 3 is 2.36 bits per heavy atom. The predicted molar refractivity (Wildman–Crippen MR) is 41.9 cm³/mol. The van der Waals surface area contributed by atoms with Crippen LogP contribution < -0.4 is 0 Å². The zero-order valence-electron chi connectivity index (χ0n) is 6.28. The first kappa shape index (κ1) is 7.53. The van der Waals surface area contributed by atoms with Gasteiger partial charge in [-0.3, -0.25) is 10.2 Å². The first-order chi connectivity index (χ1) is 5.39. The van der Waals surface area contributed by atoms with Gasteiger partial charge in [0.1, 0.15) is 0 Å². The van der Waals surface area contributed by atoms with Gasteiger partial charge in [-0.15, -0.1) is 0 Å². The second kappa shape index (κ2) is 4.27. The molecule has 0 bridgehead atoms. The molecule has 0 aliphatic heterocycles. The van der Waals surface area contributed by atoms with E-state index < -0.39 is 0 Å². The smallest absolute Gasteiger partial charge is 0.0489 e. The molecular weight excluding hydrogens is 140 g/mol. The van der Waals surface area contributed by atoms with E-state index in [-0.39, 0.29) is 0 Å². The summed E-state index contributed by atoms with van der Waals surface area (Å²) in [4.78, 5) is 0. The fourth-order valence-electron chi connectivity index (χ4n) is 0.541. The van der Waals surface area contributed by atoms with E-state index in [1.165, 1.54) is 0 Å². The first-order valence-electron chi connectivity index (χ1n) is 3.29. The van der Waals surface area contributed by atoms with Gasteiger partial charge in [0.05, 0.1) is 0 Å². The zero-order valence-corrected chi connectivity index (χ0v) is 6.28. The van der Waals surface area contributed by atoms with Crippen LogP contribution in [0.25, 0.3) is 0 Å². The van der Waals surface area contributed by atoms with Crippen molar-refractivity contribution in [3.63, 3.8) is 0 Å². The standard InChI is InChI=1S/C4H6N2.C3H4N2/c1-4-2-3-5-6-4;1-2-4-5-3-1/h2-3H,1H3,(H,5,6);1-3H,(H,4,5). The van der Waals surface area contributed by atoms with Gasteiger partial charge >= 0.3 is 0 Å². The van der Waals surface area contributed by atoms with Crippen LogP contribution in [0, 0.1) is 6.92 Å². The molecule has 0 fully saturated rings. The first-order valence-corrected chi connectivity index (χ1v) is 3.29. The Kier molecular flexibility index (Phi) is 2.92. The van der Waals surface area contributed by atoms with Gasteiger partial charge in [-0.1, -0.05) is 0 Å². The van der Waals surface area contributed by atoms with Crippen molar-refractivity contribution < 1.29 is 0 Å². The van der Waals surface area contributed by atoms with Gasteiger partial charge in [0.25, 0.3) is 0 Å². The van der Waals surface area contributed by atoms with Gasteiger partial charge in [-0.25, -0.2) is 0 Å². The van der Waals surface area contributed by atoms with Crippen molar-refractivity contribution in [3.05, 3.63) is 36.4 Å². The van der Waals surface area contributed by atoms with Gasteiger partial charge in [0, 0.05) is 24.3 Å². The van der Waals surface area contributed by atoms with E-state index in [2.05, 4.69) is 20.4 Å². The number of aromatic nitrogens is 4. The summed E-state index contributed by atoms with van der Waals surface area (Å²) in [6, 6.07) is 3.75. The minimum absolute atomic E-state index is 1.11. The maximum Gasteiger partial charge on any atom is 0.0489 e. The lowest BCUT2D eigenvalue weighted by Crippen LogP contribution is -1.65. The number of hydrogen-bond donors (Lipinski definition) is 2. The molecule has 0 spiro atoms. The van der Waals surface area contributed by atoms with Crippen LogP contribution in [0.1, 0.15) is 5.69 Å². The average Bonchev–Trinajstić information content (AvgIpc) is 2.57. The summed E-state index contributed by atoms with van der Waals surface area (Å²) >= 11 is 0. The van der Waals surface area contributed by atoms with Crippen molar-refractivity contribution in [2.45, 2.75) is 6.92 Å². The van der Waals surface area contributed by atoms with Crippen molar-refractivity contribution in [3.8, 4) is 0 Å². The fourth-order valence-corrected chi connectivity index (χ4v) is 0.541. The predicted octanol–water partition coefficient (Wildman–Crippen LogP) is 1.13. The molecule has 2 aromatic heterocycles. The number of rotatable bonds is 0. The molecule has 4 nitrogen and oxygen atoms in total. The molecule has 2 N–H and O–H groups in total. The monoisotopic (exact) mass is 150 g/mol. The van der Waals surface area contributed by atoms with Gasteiger partial charge in [-0.05, 0) is 19.1 Å². The molecule has 0 amide bonds. The van der Waals surface area contributed by atoms with Gasteiger partial charge in [0.15, 0.2) is 0 Å². The number of nitrogens with one attached hydrogen (secondary N) is 2. The van der Waals surface area contributed by atoms with Crippen molar-refractivity contribution in [1.29, 1.82) is 0 Å². The van der Waals surface area contributed by atoms with Crippen molar-refractivity contribution in [2.24, 2.45) is 0 Å². The van der Waals surface area contributed by atoms with E-state index >= 15 is 0 Å². The Morgan fingerprint density at radius 2 is 2.18 bits per heavy atom. The van der Waals surface area contributed by atoms with Crippen LogP contribution in [0.4, 0.5) is 0 Å². The Balaban J connectivity index is 0.000000112. The highest BCUT2D eigenvalue weighted by Gasteiger charge is 1.73. The zero-order chi connectivity index (χ0) is 7.94. The quantitative estimate of drug-likeness (QED) is 0.591. The highest BCUT2D eigenvalue weighted by molar-refractivity contribution is 4.91. The molecule has 0 saturated heterocycles. The number of aromatic amines is 2. The number of aryl methyl sites for hydroxylation is 1. The third kappa shape index (κ3) is 3.20. The maximum atomic E-state index is 3.70. The summed E-state index contributed by atoms with van der Waals surface area (Å²) in [6.45, 7) is 1.97. The van der Waals surface area contributed by atoms with E-state index in [1.54, 1.807) is 18.6 Å². The molecule has 0 radical (unpaired) electrons. The lowest BCUT2D eigenvalue weighted by molar-refractivity contribution is 1.05. The van der Waals surface area contributed by atoms with Gasteiger partial charge < -0.3 is 0 Å². The number of nitrogens with zero attached hydrogens (tertiary/aromatic N) is 2. The molecule has 0 aliphatic rings. The molecule has 4 heteroatoms. The Morgan fingerprint density at radius 1 is 1.27 bits per heavy atom. The van der Waals surface area contributed by atoms with Gasteiger partial charge in [-0.2, -0.15) is 10.2 Å². The lowest BCUT2D eigenvalue weighted by Gasteiger charge is -1.68. The fraction of sp³-hybridized carbons (Fsp3) is 0.143. The van der Waals surface area contributed by atoms with Crippen LogP contribution in [0.5, 0.6) is 0 Å². The Labute approximate surface area is 64.7 Å². The van der Waals surface area contributed by atoms with Crippen LogP contribution in [0.2, 0.25) is 0 Å². The topological polar surface area (TPSA) is 57.4 Å². The van der Waals surface area contributed by atoms with E-state index in [0.29, 0.717) is 0 Å². The van der Waals surface area contributed by atoms with Crippen molar-refractivity contribution in [1.82, 2.24) is 20.4 Å². The largest absolute Gasteiger partial charge is 0.286 e. The van der Waals surface area contributed by atoms with E-state index in [9.17, 15) is 0 Å². The SMILES string of the molecule is Cc1ccn[nH]1.c1cn[nH]c1. The molecule has 0 atom stereocenters. The second-order valence-electron chi connectivity index (χ2n) is 2.01. The number of hydrogen-bond acceptors (Lipinski definition) is 2. The summed E-state index contributed by atoms with van der Waals surface area (Å²) in [6.07, 6.45) is 5.19. The third-order valence-corrected chi connectivity index (χ3v) is 1.05. The van der Waals surface area contributed by atoms with E-state index in [1.807, 2.05) is 19.1 Å². The lowest BCUT2D eigenvalue weighted by atomic mass is 10.5. The highest BCUT2D eigenvalue weighted by Crippen LogP contribution is 1.82. The molecule has 0 aliphatic carbocycles. The molecule has 11 heavy (non-hydrogen) atoms. The minimum Gasteiger partial charge on any atom is -0.286 e. The Hall–Kier alpha value is -1.58. The third-order valence-electron chi connectivity index (χ3n) is 1.05. The average molecular weight is 150 g/mol. The number of H-pyrrole nitrogens is 2. The molecular formula is C7H10N4. The molecule has 0 aromatic carbocycles. The molecule has 0 saturated carbocycles. The van der Waals surface area contributed by atoms with Crippen LogP contribution in [-0.2, 0) is 0 Å². The molecule has 2 aromatic rings. The summed E-state index contributed by atoms with van der Waals surface area (Å²) < 4.78 is 0. The van der Waals surface area contributed by atoms with Crippen molar-refractivity contribution in [2.75, 3.05) is 0 Å². The van der Waals surface area contributed by atoms with E-state index in [0.717, 1.165) is 5.69 Å². The van der Waals surface area contributed by atoms with Crippen LogP contribution in [0.15, 0.2) is 30.7 Å². The van der Waals surface area contributed by atoms with Crippen LogP contribution in [0.3, 0.4) is 0 Å². The highest BCUT2D eigenvalue weighted by atomic mass is 15.1. The van der Waals surface area contributed by atoms with Crippen LogP contribution >= 0.6 is 0 Å². The summed E-state index contributed by atoms with van der Waals surface area (Å²) in [5.41, 5.74) is 1.11. The Bertz CT molecular complexity index is 229. The van der Waals surface area contributed by atoms with Crippen molar-refractivity contribution >= 4 is 0 Å². The molecule has 2 rings (SSSR count). The van der Waals surface area contributed by atoms with E-state index in [4.69, 9.17) is 0 Å². The molecule has 58 valence electrons. The molecule has 2 heterocycles. The van der Waals surface area contributed by atoms with Crippen LogP contribution in [-0.4, -0.2) is 20.4 Å². The van der Waals surface area contributed by atoms with Gasteiger partial charge in [0.2, 0.25) is 0 Å². The minimum atomic E-state index is 1.11. The normalized spacial score (nSPS) is 8.45. The summed E-state index contributed by atoms with van der Waals surface area (Å²) in [5.74, 6) is 0.